The van der Waals surface area contributed by atoms with Gasteiger partial charge in [-0.3, -0.25) is 4.79 Å². The number of nitrogens with two attached hydrogens (primary N) is 2. The number of anilines is 2. The first-order valence-electron chi connectivity index (χ1n) is 6.36. The molecule has 1 amide bonds. The van der Waals surface area contributed by atoms with Crippen molar-refractivity contribution in [2.45, 2.75) is 39.2 Å². The molecule has 0 bridgehead atoms. The highest BCUT2D eigenvalue weighted by molar-refractivity contribution is 5.99. The molecule has 1 aromatic rings. The molecule has 18 heavy (non-hydrogen) atoms. The Morgan fingerprint density at radius 2 is 2.17 bits per heavy atom. The van der Waals surface area contributed by atoms with Crippen molar-refractivity contribution in [3.05, 3.63) is 23.8 Å². The van der Waals surface area contributed by atoms with E-state index in [1.165, 1.54) is 12.8 Å². The summed E-state index contributed by atoms with van der Waals surface area (Å²) in [5.74, 6) is -0.444. The lowest BCUT2D eigenvalue weighted by atomic mass is 9.87. The molecule has 5 N–H and O–H groups in total. The van der Waals surface area contributed by atoms with Gasteiger partial charge in [0.25, 0.3) is 5.91 Å². The number of hydrogen-bond donors (Lipinski definition) is 3. The van der Waals surface area contributed by atoms with Crippen LogP contribution in [-0.2, 0) is 0 Å². The van der Waals surface area contributed by atoms with E-state index in [-0.39, 0.29) is 5.41 Å². The largest absolute Gasteiger partial charge is 0.399 e. The topological polar surface area (TPSA) is 81.1 Å². The number of nitrogen functional groups attached to an aromatic ring is 1. The van der Waals surface area contributed by atoms with Crippen molar-refractivity contribution >= 4 is 17.3 Å². The summed E-state index contributed by atoms with van der Waals surface area (Å²) in [5.41, 5.74) is 13.1. The van der Waals surface area contributed by atoms with Gasteiger partial charge in [0.2, 0.25) is 0 Å². The highest BCUT2D eigenvalue weighted by atomic mass is 16.1. The zero-order valence-electron chi connectivity index (χ0n) is 11.0. The molecule has 1 aliphatic rings. The molecule has 1 aliphatic carbocycles. The summed E-state index contributed by atoms with van der Waals surface area (Å²) in [6, 6.07) is 5.63. The number of hydrogen-bond acceptors (Lipinski definition) is 3. The highest BCUT2D eigenvalue weighted by Crippen LogP contribution is 2.39. The van der Waals surface area contributed by atoms with Gasteiger partial charge in [-0.25, -0.2) is 0 Å². The minimum atomic E-state index is -0.444. The Balaban J connectivity index is 2.26. The van der Waals surface area contributed by atoms with Crippen LogP contribution < -0.4 is 16.8 Å². The summed E-state index contributed by atoms with van der Waals surface area (Å²) < 4.78 is 0. The molecule has 0 saturated heterocycles. The average Bonchev–Trinajstić information content (AvgIpc) is 2.60. The van der Waals surface area contributed by atoms with Crippen molar-refractivity contribution in [1.29, 1.82) is 0 Å². The fraction of sp³-hybridized carbons (Fsp3) is 0.500. The van der Waals surface area contributed by atoms with Gasteiger partial charge < -0.3 is 16.8 Å². The molecular weight excluding hydrogens is 226 g/mol. The number of carbonyl (C=O) groups excluding carboxylic acids is 1. The molecule has 4 heteroatoms. The van der Waals surface area contributed by atoms with Gasteiger partial charge in [0.1, 0.15) is 0 Å². The van der Waals surface area contributed by atoms with Gasteiger partial charge in [-0.2, -0.15) is 0 Å². The first kappa shape index (κ1) is 12.7. The molecule has 1 saturated carbocycles. The Hall–Kier alpha value is -1.71. The zero-order valence-corrected chi connectivity index (χ0v) is 11.0. The van der Waals surface area contributed by atoms with Crippen LogP contribution in [0.5, 0.6) is 0 Å². The lowest BCUT2D eigenvalue weighted by Crippen LogP contribution is -2.31. The predicted molar refractivity (Wildman–Crippen MR) is 74.4 cm³/mol. The van der Waals surface area contributed by atoms with E-state index in [0.29, 0.717) is 17.3 Å². The monoisotopic (exact) mass is 247 g/mol. The number of primary amides is 1. The molecule has 1 atom stereocenters. The van der Waals surface area contributed by atoms with E-state index in [2.05, 4.69) is 19.2 Å². The number of rotatable bonds is 3. The van der Waals surface area contributed by atoms with Crippen LogP contribution in [-0.4, -0.2) is 11.9 Å². The summed E-state index contributed by atoms with van der Waals surface area (Å²) >= 11 is 0. The van der Waals surface area contributed by atoms with Crippen molar-refractivity contribution in [1.82, 2.24) is 0 Å². The second-order valence-corrected chi connectivity index (χ2v) is 5.75. The summed E-state index contributed by atoms with van der Waals surface area (Å²) in [5, 5.41) is 3.45. The molecule has 1 unspecified atom stereocenters. The molecule has 4 nitrogen and oxygen atoms in total. The summed E-state index contributed by atoms with van der Waals surface area (Å²) in [4.78, 5) is 11.4. The minimum Gasteiger partial charge on any atom is -0.399 e. The standard InChI is InChI=1S/C14H21N3O/c1-14(2)7-3-4-12(14)17-11-6-5-9(15)8-10(11)13(16)18/h5-6,8,12,17H,3-4,7,15H2,1-2H3,(H2,16,18). The third-order valence-corrected chi connectivity index (χ3v) is 3.90. The van der Waals surface area contributed by atoms with Gasteiger partial charge in [0, 0.05) is 17.4 Å². The lowest BCUT2D eigenvalue weighted by molar-refractivity contribution is 0.100. The van der Waals surface area contributed by atoms with Crippen molar-refractivity contribution in [3.8, 4) is 0 Å². The Morgan fingerprint density at radius 3 is 2.72 bits per heavy atom. The number of amides is 1. The second kappa shape index (κ2) is 4.52. The lowest BCUT2D eigenvalue weighted by Gasteiger charge is -2.29. The zero-order chi connectivity index (χ0) is 13.3. The maximum absolute atomic E-state index is 11.4. The van der Waals surface area contributed by atoms with Crippen molar-refractivity contribution in [3.63, 3.8) is 0 Å². The fourth-order valence-corrected chi connectivity index (χ4v) is 2.67. The van der Waals surface area contributed by atoms with Gasteiger partial charge >= 0.3 is 0 Å². The van der Waals surface area contributed by atoms with Crippen molar-refractivity contribution in [2.24, 2.45) is 11.1 Å². The van der Waals surface area contributed by atoms with E-state index in [1.807, 2.05) is 6.07 Å². The van der Waals surface area contributed by atoms with Crippen LogP contribution in [0.4, 0.5) is 11.4 Å². The van der Waals surface area contributed by atoms with Crippen LogP contribution >= 0.6 is 0 Å². The molecule has 0 radical (unpaired) electrons. The van der Waals surface area contributed by atoms with Crippen LogP contribution in [0.1, 0.15) is 43.5 Å². The quantitative estimate of drug-likeness (QED) is 0.717. The molecule has 2 rings (SSSR count). The third kappa shape index (κ3) is 2.42. The fourth-order valence-electron chi connectivity index (χ4n) is 2.67. The maximum Gasteiger partial charge on any atom is 0.250 e. The van der Waals surface area contributed by atoms with Crippen molar-refractivity contribution in [2.75, 3.05) is 11.1 Å². The maximum atomic E-state index is 11.4. The van der Waals surface area contributed by atoms with E-state index in [1.54, 1.807) is 12.1 Å². The number of carbonyl (C=O) groups is 1. The summed E-state index contributed by atoms with van der Waals surface area (Å²) in [6.45, 7) is 4.50. The number of benzene rings is 1. The Labute approximate surface area is 108 Å². The SMILES string of the molecule is CC1(C)CCCC1Nc1ccc(N)cc1C(N)=O. The first-order chi connectivity index (χ1) is 8.40. The Kier molecular flexibility index (Phi) is 3.20. The van der Waals surface area contributed by atoms with Gasteiger partial charge in [-0.05, 0) is 36.5 Å². The third-order valence-electron chi connectivity index (χ3n) is 3.90. The molecular formula is C14H21N3O. The van der Waals surface area contributed by atoms with Crippen LogP contribution in [0.25, 0.3) is 0 Å². The summed E-state index contributed by atoms with van der Waals surface area (Å²) in [6.07, 6.45) is 3.53. The smallest absolute Gasteiger partial charge is 0.250 e. The van der Waals surface area contributed by atoms with E-state index in [4.69, 9.17) is 11.5 Å². The van der Waals surface area contributed by atoms with Crippen LogP contribution in [0.15, 0.2) is 18.2 Å². The van der Waals surface area contributed by atoms with Crippen LogP contribution in [0.3, 0.4) is 0 Å². The average molecular weight is 247 g/mol. The molecule has 0 heterocycles. The van der Waals surface area contributed by atoms with Crippen LogP contribution in [0.2, 0.25) is 0 Å². The minimum absolute atomic E-state index is 0.246. The van der Waals surface area contributed by atoms with E-state index >= 15 is 0 Å². The molecule has 98 valence electrons. The predicted octanol–water partition coefficient (Wildman–Crippen LogP) is 2.36. The summed E-state index contributed by atoms with van der Waals surface area (Å²) in [7, 11) is 0. The molecule has 0 spiro atoms. The molecule has 1 aromatic carbocycles. The molecule has 0 aromatic heterocycles. The van der Waals surface area contributed by atoms with Crippen LogP contribution in [0, 0.1) is 5.41 Å². The van der Waals surface area contributed by atoms with Gasteiger partial charge in [0.15, 0.2) is 0 Å². The van der Waals surface area contributed by atoms with Gasteiger partial charge in [-0.15, -0.1) is 0 Å². The van der Waals surface area contributed by atoms with E-state index < -0.39 is 5.91 Å². The highest BCUT2D eigenvalue weighted by Gasteiger charge is 2.34. The van der Waals surface area contributed by atoms with E-state index in [9.17, 15) is 4.79 Å². The Bertz CT molecular complexity index is 468. The second-order valence-electron chi connectivity index (χ2n) is 5.75. The van der Waals surface area contributed by atoms with E-state index in [0.717, 1.165) is 12.1 Å². The normalized spacial score (nSPS) is 21.8. The molecule has 1 fully saturated rings. The Morgan fingerprint density at radius 1 is 1.44 bits per heavy atom. The van der Waals surface area contributed by atoms with Crippen molar-refractivity contribution < 1.29 is 4.79 Å². The first-order valence-corrected chi connectivity index (χ1v) is 6.36. The number of nitrogens with one attached hydrogen (secondary N) is 1. The molecule has 0 aliphatic heterocycles. The van der Waals surface area contributed by atoms with Gasteiger partial charge in [0.05, 0.1) is 5.56 Å². The van der Waals surface area contributed by atoms with Gasteiger partial charge in [-0.1, -0.05) is 20.3 Å².